The van der Waals surface area contributed by atoms with Crippen molar-refractivity contribution in [3.05, 3.63) is 111 Å². The number of carbonyl (C=O) groups is 3. The average Bonchev–Trinajstić information content (AvgIpc) is 3.64. The standard InChI is InChI=1S/C33H28N2O6S/c1-18-14-24-15-23(12-13-26(24)41-18)29(37)27-28(22-10-7-11-25(16-22)40-17-21-8-5-4-6-9-21)35(32(39)30(27)38)33-34-19(2)31(42-33)20(3)36/h4-13,15-16,18,28,37H,14,17H2,1-3H3/t18-,28+/m0/s1. The SMILES string of the molecule is CC(=O)c1sc(N2C(=O)C(=O)C(=C(O)c3ccc4c(c3)C[C@H](C)O4)[C@H]2c2cccc(OCc3ccccc3)c2)nc1C. The fraction of sp³-hybridized carbons (Fsp3) is 0.212. The number of aromatic nitrogens is 1. The van der Waals surface area contributed by atoms with Crippen molar-refractivity contribution in [1.82, 2.24) is 4.98 Å². The van der Waals surface area contributed by atoms with E-state index in [9.17, 15) is 19.5 Å². The molecule has 0 aliphatic carbocycles. The number of rotatable bonds is 7. The number of amides is 1. The number of carbonyl (C=O) groups excluding carboxylic acids is 3. The minimum Gasteiger partial charge on any atom is -0.507 e. The summed E-state index contributed by atoms with van der Waals surface area (Å²) in [5.74, 6) is -0.886. The molecule has 1 fully saturated rings. The molecule has 0 bridgehead atoms. The van der Waals surface area contributed by atoms with Crippen molar-refractivity contribution in [2.45, 2.75) is 45.9 Å². The summed E-state index contributed by atoms with van der Waals surface area (Å²) in [7, 11) is 0. The molecule has 0 radical (unpaired) electrons. The number of Topliss-reactive ketones (excluding diaryl/α,β-unsaturated/α-hetero) is 2. The number of ether oxygens (including phenoxy) is 2. The Balaban J connectivity index is 1.46. The van der Waals surface area contributed by atoms with E-state index in [-0.39, 0.29) is 28.4 Å². The Hall–Kier alpha value is -4.76. The first kappa shape index (κ1) is 27.4. The van der Waals surface area contributed by atoms with Gasteiger partial charge in [-0.25, -0.2) is 4.98 Å². The van der Waals surface area contributed by atoms with Crippen LogP contribution in [-0.4, -0.2) is 33.7 Å². The molecule has 1 saturated heterocycles. The smallest absolute Gasteiger partial charge is 0.301 e. The first-order valence-electron chi connectivity index (χ1n) is 13.6. The lowest BCUT2D eigenvalue weighted by Gasteiger charge is -2.23. The number of nitrogens with zero attached hydrogens (tertiary/aromatic N) is 2. The molecule has 1 aromatic heterocycles. The second-order valence-corrected chi connectivity index (χ2v) is 11.4. The third-order valence-electron chi connectivity index (χ3n) is 7.35. The van der Waals surface area contributed by atoms with Crippen molar-refractivity contribution in [3.63, 3.8) is 0 Å². The molecule has 0 spiro atoms. The number of hydrogen-bond donors (Lipinski definition) is 1. The molecule has 2 aliphatic rings. The van der Waals surface area contributed by atoms with Crippen LogP contribution in [-0.2, 0) is 22.6 Å². The second kappa shape index (κ2) is 10.9. The van der Waals surface area contributed by atoms with Gasteiger partial charge in [-0.05, 0) is 60.9 Å². The van der Waals surface area contributed by atoms with Crippen molar-refractivity contribution in [2.75, 3.05) is 4.90 Å². The summed E-state index contributed by atoms with van der Waals surface area (Å²) in [6, 6.07) is 21.0. The van der Waals surface area contributed by atoms with Crippen LogP contribution in [0.2, 0.25) is 0 Å². The summed E-state index contributed by atoms with van der Waals surface area (Å²) >= 11 is 1.05. The molecule has 212 valence electrons. The first-order chi connectivity index (χ1) is 20.2. The number of hydrogen-bond acceptors (Lipinski definition) is 8. The fourth-order valence-corrected chi connectivity index (χ4v) is 6.39. The number of fused-ring (bicyclic) bond motifs is 1. The van der Waals surface area contributed by atoms with Gasteiger partial charge in [-0.2, -0.15) is 0 Å². The van der Waals surface area contributed by atoms with E-state index in [0.717, 1.165) is 28.2 Å². The van der Waals surface area contributed by atoms with Crippen molar-refractivity contribution >= 4 is 39.7 Å². The summed E-state index contributed by atoms with van der Waals surface area (Å²) in [5, 5.41) is 11.8. The van der Waals surface area contributed by atoms with Crippen LogP contribution < -0.4 is 14.4 Å². The summed E-state index contributed by atoms with van der Waals surface area (Å²) in [6.07, 6.45) is 0.673. The van der Waals surface area contributed by atoms with E-state index < -0.39 is 17.7 Å². The first-order valence-corrected chi connectivity index (χ1v) is 14.4. The molecule has 9 heteroatoms. The Bertz CT molecular complexity index is 1760. The predicted octanol–water partition coefficient (Wildman–Crippen LogP) is 6.18. The normalized spacial score (nSPS) is 19.1. The van der Waals surface area contributed by atoms with Crippen molar-refractivity contribution in [2.24, 2.45) is 0 Å². The van der Waals surface area contributed by atoms with E-state index in [1.807, 2.05) is 37.3 Å². The topological polar surface area (TPSA) is 106 Å². The highest BCUT2D eigenvalue weighted by Crippen LogP contribution is 2.45. The Labute approximate surface area is 246 Å². The highest BCUT2D eigenvalue weighted by atomic mass is 32.1. The number of benzene rings is 3. The predicted molar refractivity (Wildman–Crippen MR) is 159 cm³/mol. The summed E-state index contributed by atoms with van der Waals surface area (Å²) in [6.45, 7) is 5.41. The summed E-state index contributed by atoms with van der Waals surface area (Å²) in [4.78, 5) is 45.6. The van der Waals surface area contributed by atoms with E-state index in [1.54, 1.807) is 49.4 Å². The maximum Gasteiger partial charge on any atom is 0.301 e. The van der Waals surface area contributed by atoms with Gasteiger partial charge in [-0.1, -0.05) is 53.8 Å². The van der Waals surface area contributed by atoms with Crippen LogP contribution in [0.5, 0.6) is 11.5 Å². The van der Waals surface area contributed by atoms with Crippen molar-refractivity contribution < 1.29 is 29.0 Å². The van der Waals surface area contributed by atoms with E-state index in [0.29, 0.717) is 40.5 Å². The van der Waals surface area contributed by atoms with Crippen LogP contribution in [0.15, 0.2) is 78.4 Å². The van der Waals surface area contributed by atoms with Crippen molar-refractivity contribution in [3.8, 4) is 11.5 Å². The van der Waals surface area contributed by atoms with Crippen molar-refractivity contribution in [1.29, 1.82) is 0 Å². The molecule has 3 aromatic carbocycles. The van der Waals surface area contributed by atoms with Gasteiger partial charge in [0.25, 0.3) is 5.78 Å². The Morgan fingerprint density at radius 2 is 1.88 bits per heavy atom. The second-order valence-electron chi connectivity index (χ2n) is 10.4. The number of aliphatic hydroxyl groups excluding tert-OH is 1. The Morgan fingerprint density at radius 1 is 1.10 bits per heavy atom. The molecule has 1 amide bonds. The van der Waals surface area contributed by atoms with E-state index in [4.69, 9.17) is 9.47 Å². The fourth-order valence-electron chi connectivity index (χ4n) is 5.40. The molecule has 1 N–H and O–H groups in total. The number of ketones is 2. The van der Waals surface area contributed by atoms with E-state index in [1.165, 1.54) is 11.8 Å². The quantitative estimate of drug-likeness (QED) is 0.120. The minimum atomic E-state index is -1.00. The molecule has 2 atom stereocenters. The molecule has 3 heterocycles. The zero-order chi connectivity index (χ0) is 29.5. The molecule has 4 aromatic rings. The highest BCUT2D eigenvalue weighted by Gasteiger charge is 2.48. The zero-order valence-corrected chi connectivity index (χ0v) is 24.1. The van der Waals surface area contributed by atoms with Gasteiger partial charge in [0.05, 0.1) is 22.2 Å². The molecule has 0 saturated carbocycles. The molecule has 42 heavy (non-hydrogen) atoms. The van der Waals surface area contributed by atoms with Crippen LogP contribution in [0.1, 0.15) is 57.5 Å². The van der Waals surface area contributed by atoms with Gasteiger partial charge in [-0.3, -0.25) is 19.3 Å². The van der Waals surface area contributed by atoms with Crippen LogP contribution in [0.4, 0.5) is 5.13 Å². The largest absolute Gasteiger partial charge is 0.507 e. The van der Waals surface area contributed by atoms with Crippen LogP contribution in [0.25, 0.3) is 5.76 Å². The zero-order valence-electron chi connectivity index (χ0n) is 23.3. The molecular formula is C33H28N2O6S. The van der Waals surface area contributed by atoms with Crippen LogP contribution in [0.3, 0.4) is 0 Å². The maximum atomic E-state index is 13.6. The lowest BCUT2D eigenvalue weighted by Crippen LogP contribution is -2.29. The number of aryl methyl sites for hydroxylation is 1. The number of thiazole rings is 1. The molecule has 0 unspecified atom stereocenters. The Morgan fingerprint density at radius 3 is 2.62 bits per heavy atom. The van der Waals surface area contributed by atoms with Crippen LogP contribution >= 0.6 is 11.3 Å². The molecular weight excluding hydrogens is 552 g/mol. The average molecular weight is 581 g/mol. The van der Waals surface area contributed by atoms with Gasteiger partial charge in [0.2, 0.25) is 0 Å². The maximum absolute atomic E-state index is 13.6. The molecule has 8 nitrogen and oxygen atoms in total. The minimum absolute atomic E-state index is 0.00483. The van der Waals surface area contributed by atoms with Gasteiger partial charge in [0, 0.05) is 18.9 Å². The van der Waals surface area contributed by atoms with Gasteiger partial charge in [0.1, 0.15) is 30.0 Å². The number of aliphatic hydroxyl groups is 1. The van der Waals surface area contributed by atoms with E-state index in [2.05, 4.69) is 4.98 Å². The summed E-state index contributed by atoms with van der Waals surface area (Å²) < 4.78 is 11.8. The Kier molecular flexibility index (Phi) is 7.12. The lowest BCUT2D eigenvalue weighted by molar-refractivity contribution is -0.132. The van der Waals surface area contributed by atoms with Gasteiger partial charge in [-0.15, -0.1) is 0 Å². The summed E-state index contributed by atoms with van der Waals surface area (Å²) in [5.41, 5.74) is 3.26. The molecule has 6 rings (SSSR count). The third-order valence-corrected chi connectivity index (χ3v) is 8.60. The monoisotopic (exact) mass is 580 g/mol. The van der Waals surface area contributed by atoms with Crippen LogP contribution in [0, 0.1) is 6.92 Å². The van der Waals surface area contributed by atoms with Gasteiger partial charge >= 0.3 is 5.91 Å². The van der Waals surface area contributed by atoms with Gasteiger partial charge in [0.15, 0.2) is 10.9 Å². The molecule has 2 aliphatic heterocycles. The van der Waals surface area contributed by atoms with E-state index >= 15 is 0 Å². The highest BCUT2D eigenvalue weighted by molar-refractivity contribution is 7.18. The third kappa shape index (κ3) is 4.96. The lowest BCUT2D eigenvalue weighted by atomic mass is 9.94. The number of anilines is 1. The van der Waals surface area contributed by atoms with Gasteiger partial charge < -0.3 is 14.6 Å².